The molecule has 3 aliphatic rings. The van der Waals surface area contributed by atoms with E-state index in [-0.39, 0.29) is 24.3 Å². The minimum atomic E-state index is -0.587. The van der Waals surface area contributed by atoms with E-state index >= 15 is 0 Å². The van der Waals surface area contributed by atoms with E-state index in [4.69, 9.17) is 4.74 Å². The molecule has 4 amide bonds. The fraction of sp³-hybridized carbons (Fsp3) is 0.812. The summed E-state index contributed by atoms with van der Waals surface area (Å²) in [5.41, 5.74) is 0. The summed E-state index contributed by atoms with van der Waals surface area (Å²) in [6.07, 6.45) is 5.16. The van der Waals surface area contributed by atoms with Crippen molar-refractivity contribution in [2.24, 2.45) is 0 Å². The highest BCUT2D eigenvalue weighted by atomic mass is 16.5. The van der Waals surface area contributed by atoms with Gasteiger partial charge in [0.05, 0.1) is 6.10 Å². The predicted molar refractivity (Wildman–Crippen MR) is 86.3 cm³/mol. The van der Waals surface area contributed by atoms with Crippen molar-refractivity contribution in [1.29, 1.82) is 0 Å². The van der Waals surface area contributed by atoms with Gasteiger partial charge < -0.3 is 20.3 Å². The van der Waals surface area contributed by atoms with Crippen LogP contribution in [0.4, 0.5) is 4.79 Å². The second-order valence-electron chi connectivity index (χ2n) is 6.83. The molecule has 3 saturated heterocycles. The molecular weight excluding hydrogens is 312 g/mol. The van der Waals surface area contributed by atoms with Crippen LogP contribution in [0.2, 0.25) is 0 Å². The van der Waals surface area contributed by atoms with E-state index in [1.807, 2.05) is 0 Å². The van der Waals surface area contributed by atoms with Crippen molar-refractivity contribution in [3.8, 4) is 0 Å². The number of amides is 4. The Labute approximate surface area is 141 Å². The molecule has 3 heterocycles. The molecular formula is C16H26N4O4. The zero-order chi connectivity index (χ0) is 16.9. The molecule has 3 rings (SSSR count). The van der Waals surface area contributed by atoms with Crippen molar-refractivity contribution in [3.05, 3.63) is 0 Å². The summed E-state index contributed by atoms with van der Waals surface area (Å²) in [7, 11) is 0. The molecule has 0 spiro atoms. The summed E-state index contributed by atoms with van der Waals surface area (Å²) in [6.45, 7) is 3.84. The third-order valence-electron chi connectivity index (χ3n) is 4.96. The molecule has 0 aromatic heterocycles. The lowest BCUT2D eigenvalue weighted by atomic mass is 10.0. The number of hydrogen-bond donors (Lipinski definition) is 3. The van der Waals surface area contributed by atoms with Crippen LogP contribution in [0.25, 0.3) is 0 Å². The minimum Gasteiger partial charge on any atom is -0.377 e. The summed E-state index contributed by atoms with van der Waals surface area (Å²) in [4.78, 5) is 36.9. The number of nitrogens with zero attached hydrogens (tertiary/aromatic N) is 1. The monoisotopic (exact) mass is 338 g/mol. The first kappa shape index (κ1) is 17.2. The van der Waals surface area contributed by atoms with Gasteiger partial charge in [-0.05, 0) is 32.1 Å². The van der Waals surface area contributed by atoms with Crippen LogP contribution in [0.15, 0.2) is 0 Å². The lowest BCUT2D eigenvalue weighted by Crippen LogP contribution is -2.46. The van der Waals surface area contributed by atoms with Gasteiger partial charge in [-0.25, -0.2) is 4.79 Å². The van der Waals surface area contributed by atoms with Gasteiger partial charge in [0.2, 0.25) is 5.91 Å². The van der Waals surface area contributed by atoms with Crippen molar-refractivity contribution in [1.82, 2.24) is 20.9 Å². The number of hydrogen-bond acceptors (Lipinski definition) is 5. The molecule has 0 bridgehead atoms. The molecule has 0 aromatic rings. The van der Waals surface area contributed by atoms with Gasteiger partial charge in [0, 0.05) is 38.7 Å². The molecule has 2 atom stereocenters. The standard InChI is InChI=1S/C16H26N4O4/c21-14(4-3-13-15(22)19-16(23)18-13)17-11-5-7-20(8-6-11)10-12-2-1-9-24-12/h11-13H,1-10H2,(H,17,21)(H2,18,19,22,23)/t12-,13-/m1/s1. The summed E-state index contributed by atoms with van der Waals surface area (Å²) < 4.78 is 5.67. The van der Waals surface area contributed by atoms with Crippen LogP contribution >= 0.6 is 0 Å². The van der Waals surface area contributed by atoms with Crippen molar-refractivity contribution in [2.45, 2.75) is 56.7 Å². The van der Waals surface area contributed by atoms with E-state index in [1.165, 1.54) is 0 Å². The Balaban J connectivity index is 1.31. The van der Waals surface area contributed by atoms with Crippen LogP contribution in [0.1, 0.15) is 38.5 Å². The van der Waals surface area contributed by atoms with Crippen LogP contribution in [0.3, 0.4) is 0 Å². The Morgan fingerprint density at radius 3 is 2.67 bits per heavy atom. The fourth-order valence-corrected chi connectivity index (χ4v) is 3.57. The summed E-state index contributed by atoms with van der Waals surface area (Å²) in [5, 5.41) is 7.72. The van der Waals surface area contributed by atoms with Gasteiger partial charge in [-0.3, -0.25) is 14.9 Å². The van der Waals surface area contributed by atoms with E-state index in [9.17, 15) is 14.4 Å². The Bertz CT molecular complexity index is 484. The van der Waals surface area contributed by atoms with Gasteiger partial charge in [0.25, 0.3) is 5.91 Å². The topological polar surface area (TPSA) is 99.8 Å². The molecule has 3 aliphatic heterocycles. The van der Waals surface area contributed by atoms with Gasteiger partial charge in [0.1, 0.15) is 6.04 Å². The van der Waals surface area contributed by atoms with Gasteiger partial charge >= 0.3 is 6.03 Å². The fourth-order valence-electron chi connectivity index (χ4n) is 3.57. The molecule has 0 aromatic carbocycles. The first-order chi connectivity index (χ1) is 11.6. The van der Waals surface area contributed by atoms with Crippen LogP contribution in [0, 0.1) is 0 Å². The normalized spacial score (nSPS) is 28.7. The number of imide groups is 1. The highest BCUT2D eigenvalue weighted by Crippen LogP contribution is 2.17. The summed E-state index contributed by atoms with van der Waals surface area (Å²) in [5.74, 6) is -0.406. The molecule has 3 N–H and O–H groups in total. The lowest BCUT2D eigenvalue weighted by molar-refractivity contribution is -0.123. The van der Waals surface area contributed by atoms with Crippen molar-refractivity contribution < 1.29 is 19.1 Å². The van der Waals surface area contributed by atoms with Gasteiger partial charge in [-0.1, -0.05) is 0 Å². The van der Waals surface area contributed by atoms with Crippen LogP contribution in [0.5, 0.6) is 0 Å². The number of likely N-dealkylation sites (tertiary alicyclic amines) is 1. The molecule has 0 unspecified atom stereocenters. The van der Waals surface area contributed by atoms with Crippen molar-refractivity contribution in [3.63, 3.8) is 0 Å². The van der Waals surface area contributed by atoms with Crippen LogP contribution in [-0.2, 0) is 14.3 Å². The van der Waals surface area contributed by atoms with Crippen LogP contribution < -0.4 is 16.0 Å². The molecule has 134 valence electrons. The first-order valence-corrected chi connectivity index (χ1v) is 8.85. The van der Waals surface area contributed by atoms with Crippen molar-refractivity contribution >= 4 is 17.8 Å². The maximum Gasteiger partial charge on any atom is 0.322 e. The molecule has 3 fully saturated rings. The molecule has 8 heteroatoms. The van der Waals surface area contributed by atoms with E-state index in [1.54, 1.807) is 0 Å². The van der Waals surface area contributed by atoms with Crippen molar-refractivity contribution in [2.75, 3.05) is 26.2 Å². The Morgan fingerprint density at radius 1 is 1.25 bits per heavy atom. The Morgan fingerprint density at radius 2 is 2.04 bits per heavy atom. The Kier molecular flexibility index (Phi) is 5.68. The first-order valence-electron chi connectivity index (χ1n) is 8.85. The largest absolute Gasteiger partial charge is 0.377 e. The lowest BCUT2D eigenvalue weighted by Gasteiger charge is -2.33. The second-order valence-corrected chi connectivity index (χ2v) is 6.83. The van der Waals surface area contributed by atoms with E-state index < -0.39 is 12.1 Å². The Hall–Kier alpha value is -1.67. The SMILES string of the molecule is O=C(CC[C@H]1NC(=O)NC1=O)NC1CCN(C[C@H]2CCCO2)CC1. The third kappa shape index (κ3) is 4.67. The third-order valence-corrected chi connectivity index (χ3v) is 4.96. The number of piperidine rings is 1. The van der Waals surface area contributed by atoms with Gasteiger partial charge in [0.15, 0.2) is 0 Å². The smallest absolute Gasteiger partial charge is 0.322 e. The number of carbonyl (C=O) groups is 3. The minimum absolute atomic E-state index is 0.0541. The summed E-state index contributed by atoms with van der Waals surface area (Å²) in [6, 6.07) is -0.870. The highest BCUT2D eigenvalue weighted by molar-refractivity contribution is 6.04. The maximum absolute atomic E-state index is 12.0. The second kappa shape index (κ2) is 7.94. The van der Waals surface area contributed by atoms with Crippen LogP contribution in [-0.4, -0.2) is 67.2 Å². The molecule has 8 nitrogen and oxygen atoms in total. The number of nitrogens with one attached hydrogen (secondary N) is 3. The van der Waals surface area contributed by atoms with E-state index in [0.717, 1.165) is 51.9 Å². The average Bonchev–Trinajstić information content (AvgIpc) is 3.17. The summed E-state index contributed by atoms with van der Waals surface area (Å²) >= 11 is 0. The number of ether oxygens (including phenoxy) is 1. The zero-order valence-electron chi connectivity index (χ0n) is 13.9. The molecule has 0 aliphatic carbocycles. The predicted octanol–water partition coefficient (Wildman–Crippen LogP) is -0.266. The molecule has 0 radical (unpaired) electrons. The highest BCUT2D eigenvalue weighted by Gasteiger charge is 2.30. The van der Waals surface area contributed by atoms with E-state index in [0.29, 0.717) is 12.5 Å². The number of urea groups is 1. The average molecular weight is 338 g/mol. The van der Waals surface area contributed by atoms with Gasteiger partial charge in [-0.15, -0.1) is 0 Å². The van der Waals surface area contributed by atoms with Gasteiger partial charge in [-0.2, -0.15) is 0 Å². The maximum atomic E-state index is 12.0. The number of carbonyl (C=O) groups excluding carboxylic acids is 3. The van der Waals surface area contributed by atoms with E-state index in [2.05, 4.69) is 20.9 Å². The number of rotatable bonds is 6. The molecule has 24 heavy (non-hydrogen) atoms. The zero-order valence-corrected chi connectivity index (χ0v) is 13.9. The molecule has 0 saturated carbocycles. The quantitative estimate of drug-likeness (QED) is 0.579.